The van der Waals surface area contributed by atoms with Gasteiger partial charge in [-0.25, -0.2) is 4.68 Å². The summed E-state index contributed by atoms with van der Waals surface area (Å²) in [6.07, 6.45) is 2.26. The Morgan fingerprint density at radius 2 is 2.00 bits per heavy atom. The number of carbonyl (C=O) groups is 1. The number of anilines is 1. The first kappa shape index (κ1) is 15.8. The molecule has 3 rings (SSSR count). The van der Waals surface area contributed by atoms with Gasteiger partial charge in [0.1, 0.15) is 5.75 Å². The van der Waals surface area contributed by atoms with Crippen LogP contribution in [0.1, 0.15) is 11.7 Å². The van der Waals surface area contributed by atoms with E-state index in [1.54, 1.807) is 47.3 Å². The van der Waals surface area contributed by atoms with E-state index in [9.17, 15) is 9.90 Å². The Balaban J connectivity index is 1.69. The number of nitrogens with one attached hydrogen (secondary N) is 1. The van der Waals surface area contributed by atoms with Crippen molar-refractivity contribution < 1.29 is 14.6 Å². The molecule has 6 nitrogen and oxygen atoms in total. The molecule has 1 amide bonds. The lowest BCUT2D eigenvalue weighted by atomic mass is 10.1. The molecular weight excluding hydrogens is 306 g/mol. The maximum Gasteiger partial charge on any atom is 0.257 e. The summed E-state index contributed by atoms with van der Waals surface area (Å²) in [4.78, 5) is 12.2. The van der Waals surface area contributed by atoms with Crippen LogP contribution in [0.25, 0.3) is 5.69 Å². The first-order valence-electron chi connectivity index (χ1n) is 7.40. The predicted octanol–water partition coefficient (Wildman–Crippen LogP) is 2.55. The van der Waals surface area contributed by atoms with E-state index in [1.165, 1.54) is 7.11 Å². The topological polar surface area (TPSA) is 76.4 Å². The van der Waals surface area contributed by atoms with Crippen molar-refractivity contribution >= 4 is 11.6 Å². The molecule has 2 N–H and O–H groups in total. The van der Waals surface area contributed by atoms with E-state index in [4.69, 9.17) is 4.74 Å². The number of benzene rings is 2. The summed E-state index contributed by atoms with van der Waals surface area (Å²) in [6.45, 7) is 0. The number of hydrogen-bond donors (Lipinski definition) is 2. The first-order valence-corrected chi connectivity index (χ1v) is 7.40. The molecule has 0 aliphatic rings. The van der Waals surface area contributed by atoms with Gasteiger partial charge in [0.05, 0.1) is 12.8 Å². The number of hydrogen-bond acceptors (Lipinski definition) is 4. The highest BCUT2D eigenvalue weighted by Crippen LogP contribution is 2.21. The second-order valence-electron chi connectivity index (χ2n) is 5.17. The Hall–Kier alpha value is -3.12. The molecule has 1 aromatic heterocycles. The van der Waals surface area contributed by atoms with E-state index in [0.717, 1.165) is 5.69 Å². The minimum absolute atomic E-state index is 0.472. The van der Waals surface area contributed by atoms with E-state index in [0.29, 0.717) is 17.0 Å². The van der Waals surface area contributed by atoms with Gasteiger partial charge in [-0.1, -0.05) is 12.1 Å². The number of nitrogens with zero attached hydrogens (tertiary/aromatic N) is 2. The molecule has 2 aromatic carbocycles. The number of carbonyl (C=O) groups excluding carboxylic acids is 1. The molecule has 0 radical (unpaired) electrons. The molecule has 0 aliphatic carbocycles. The van der Waals surface area contributed by atoms with Gasteiger partial charge < -0.3 is 15.2 Å². The van der Waals surface area contributed by atoms with Gasteiger partial charge in [0.2, 0.25) is 0 Å². The normalized spacial score (nSPS) is 11.8. The predicted molar refractivity (Wildman–Crippen MR) is 90.1 cm³/mol. The average molecular weight is 323 g/mol. The lowest BCUT2D eigenvalue weighted by Crippen LogP contribution is -2.20. The van der Waals surface area contributed by atoms with Gasteiger partial charge in [0, 0.05) is 18.1 Å². The molecule has 6 heteroatoms. The van der Waals surface area contributed by atoms with Crippen molar-refractivity contribution in [3.63, 3.8) is 0 Å². The molecule has 24 heavy (non-hydrogen) atoms. The van der Waals surface area contributed by atoms with Crippen molar-refractivity contribution in [3.8, 4) is 11.4 Å². The average Bonchev–Trinajstić information content (AvgIpc) is 3.16. The van der Waals surface area contributed by atoms with Crippen LogP contribution in [-0.4, -0.2) is 27.9 Å². The lowest BCUT2D eigenvalue weighted by Gasteiger charge is -2.13. The monoisotopic (exact) mass is 323 g/mol. The fraction of sp³-hybridized carbons (Fsp3) is 0.111. The van der Waals surface area contributed by atoms with E-state index < -0.39 is 12.0 Å². The highest BCUT2D eigenvalue weighted by atomic mass is 16.5. The van der Waals surface area contributed by atoms with E-state index in [-0.39, 0.29) is 0 Å². The fourth-order valence-corrected chi connectivity index (χ4v) is 2.29. The molecule has 1 unspecified atom stereocenters. The quantitative estimate of drug-likeness (QED) is 0.756. The van der Waals surface area contributed by atoms with Crippen molar-refractivity contribution in [2.75, 3.05) is 12.4 Å². The van der Waals surface area contributed by atoms with Crippen LogP contribution in [0.2, 0.25) is 0 Å². The Labute approximate surface area is 139 Å². The summed E-state index contributed by atoms with van der Waals surface area (Å²) in [5, 5.41) is 17.0. The first-order chi connectivity index (χ1) is 11.7. The van der Waals surface area contributed by atoms with E-state index >= 15 is 0 Å². The standard InChI is InChI=1S/C18H17N3O3/c1-24-16-5-2-4-13(12-16)17(22)18(23)20-14-6-8-15(9-7-14)21-11-3-10-19-21/h2-12,17,22H,1H3,(H,20,23). The molecule has 1 atom stereocenters. The van der Waals surface area contributed by atoms with Crippen LogP contribution in [0.5, 0.6) is 5.75 Å². The Bertz CT molecular complexity index is 814. The highest BCUT2D eigenvalue weighted by Gasteiger charge is 2.18. The SMILES string of the molecule is COc1cccc(C(O)C(=O)Nc2ccc(-n3cccn3)cc2)c1. The summed E-state index contributed by atoms with van der Waals surface area (Å²) >= 11 is 0. The van der Waals surface area contributed by atoms with Crippen LogP contribution in [0, 0.1) is 0 Å². The molecular formula is C18H17N3O3. The summed E-state index contributed by atoms with van der Waals surface area (Å²) in [6, 6.07) is 15.8. The number of ether oxygens (including phenoxy) is 1. The smallest absolute Gasteiger partial charge is 0.257 e. The Morgan fingerprint density at radius 3 is 2.67 bits per heavy atom. The number of methoxy groups -OCH3 is 1. The molecule has 0 aliphatic heterocycles. The van der Waals surface area contributed by atoms with Crippen LogP contribution in [0.4, 0.5) is 5.69 Å². The Kier molecular flexibility index (Phi) is 4.58. The van der Waals surface area contributed by atoms with Crippen LogP contribution in [0.3, 0.4) is 0 Å². The number of aliphatic hydroxyl groups is 1. The maximum absolute atomic E-state index is 12.2. The van der Waals surface area contributed by atoms with Gasteiger partial charge >= 0.3 is 0 Å². The van der Waals surface area contributed by atoms with Gasteiger partial charge in [-0.2, -0.15) is 5.10 Å². The summed E-state index contributed by atoms with van der Waals surface area (Å²) in [5.74, 6) is 0.0815. The fourth-order valence-electron chi connectivity index (χ4n) is 2.29. The van der Waals surface area contributed by atoms with E-state index in [1.807, 2.05) is 24.4 Å². The molecule has 0 fully saturated rings. The lowest BCUT2D eigenvalue weighted by molar-refractivity contribution is -0.124. The number of amides is 1. The molecule has 0 bridgehead atoms. The van der Waals surface area contributed by atoms with Crippen molar-refractivity contribution in [3.05, 3.63) is 72.6 Å². The Morgan fingerprint density at radius 1 is 1.21 bits per heavy atom. The van der Waals surface area contributed by atoms with Crippen molar-refractivity contribution in [1.82, 2.24) is 9.78 Å². The van der Waals surface area contributed by atoms with Crippen LogP contribution < -0.4 is 10.1 Å². The molecule has 0 saturated carbocycles. The van der Waals surface area contributed by atoms with Crippen molar-refractivity contribution in [2.45, 2.75) is 6.10 Å². The van der Waals surface area contributed by atoms with Crippen molar-refractivity contribution in [2.24, 2.45) is 0 Å². The molecule has 3 aromatic rings. The van der Waals surface area contributed by atoms with E-state index in [2.05, 4.69) is 10.4 Å². The van der Waals surface area contributed by atoms with Crippen LogP contribution in [-0.2, 0) is 4.79 Å². The summed E-state index contributed by atoms with van der Waals surface area (Å²) in [7, 11) is 1.53. The minimum Gasteiger partial charge on any atom is -0.497 e. The maximum atomic E-state index is 12.2. The second kappa shape index (κ2) is 6.97. The zero-order valence-electron chi connectivity index (χ0n) is 13.1. The van der Waals surface area contributed by atoms with Gasteiger partial charge in [-0.05, 0) is 48.0 Å². The van der Waals surface area contributed by atoms with Crippen LogP contribution >= 0.6 is 0 Å². The van der Waals surface area contributed by atoms with Gasteiger partial charge in [0.25, 0.3) is 5.91 Å². The summed E-state index contributed by atoms with van der Waals surface area (Å²) in [5.41, 5.74) is 1.95. The third-order valence-corrected chi connectivity index (χ3v) is 3.56. The third-order valence-electron chi connectivity index (χ3n) is 3.56. The highest BCUT2D eigenvalue weighted by molar-refractivity contribution is 5.94. The van der Waals surface area contributed by atoms with Crippen LogP contribution in [0.15, 0.2) is 67.0 Å². The molecule has 1 heterocycles. The van der Waals surface area contributed by atoms with Gasteiger partial charge in [-0.15, -0.1) is 0 Å². The third kappa shape index (κ3) is 3.44. The zero-order chi connectivity index (χ0) is 16.9. The molecule has 0 saturated heterocycles. The molecule has 122 valence electrons. The molecule has 0 spiro atoms. The minimum atomic E-state index is -1.27. The zero-order valence-corrected chi connectivity index (χ0v) is 13.1. The number of rotatable bonds is 5. The van der Waals surface area contributed by atoms with Gasteiger partial charge in [-0.3, -0.25) is 4.79 Å². The largest absolute Gasteiger partial charge is 0.497 e. The van der Waals surface area contributed by atoms with Gasteiger partial charge in [0.15, 0.2) is 6.10 Å². The second-order valence-corrected chi connectivity index (χ2v) is 5.17. The summed E-state index contributed by atoms with van der Waals surface area (Å²) < 4.78 is 6.82. The number of aliphatic hydroxyl groups excluding tert-OH is 1. The number of aromatic nitrogens is 2. The van der Waals surface area contributed by atoms with Crippen molar-refractivity contribution in [1.29, 1.82) is 0 Å².